The Morgan fingerprint density at radius 1 is 0.939 bits per heavy atom. The van der Waals surface area contributed by atoms with E-state index in [1.165, 1.54) is 42.6 Å². The number of carbonyl (C=O) groups is 1. The van der Waals surface area contributed by atoms with Gasteiger partial charge in [0.25, 0.3) is 15.9 Å². The minimum Gasteiger partial charge on any atom is -0.279 e. The van der Waals surface area contributed by atoms with Crippen LogP contribution in [-0.4, -0.2) is 25.5 Å². The predicted octanol–water partition coefficient (Wildman–Crippen LogP) is 5.11. The summed E-state index contributed by atoms with van der Waals surface area (Å²) in [5.74, 6) is -0.606. The zero-order valence-corrected chi connectivity index (χ0v) is 19.2. The second-order valence-electron chi connectivity index (χ2n) is 6.87. The van der Waals surface area contributed by atoms with Gasteiger partial charge in [0.15, 0.2) is 0 Å². The van der Waals surface area contributed by atoms with E-state index in [-0.39, 0.29) is 21.3 Å². The third-order valence-corrected chi connectivity index (χ3v) is 6.55. The lowest BCUT2D eigenvalue weighted by Gasteiger charge is -2.12. The predicted molar refractivity (Wildman–Crippen MR) is 131 cm³/mol. The highest BCUT2D eigenvalue weighted by molar-refractivity contribution is 7.92. The van der Waals surface area contributed by atoms with Crippen LogP contribution >= 0.6 is 23.2 Å². The maximum atomic E-state index is 12.7. The van der Waals surface area contributed by atoms with Crippen LogP contribution in [0.3, 0.4) is 0 Å². The molecule has 3 aromatic carbocycles. The van der Waals surface area contributed by atoms with Crippen molar-refractivity contribution >= 4 is 61.9 Å². The van der Waals surface area contributed by atoms with Crippen LogP contribution < -0.4 is 10.1 Å². The fourth-order valence-electron chi connectivity index (χ4n) is 3.01. The monoisotopic (exact) mass is 498 g/mol. The van der Waals surface area contributed by atoms with Crippen molar-refractivity contribution in [1.82, 2.24) is 10.4 Å². The van der Waals surface area contributed by atoms with Crippen molar-refractivity contribution in [2.75, 3.05) is 4.72 Å². The molecule has 0 bridgehead atoms. The Morgan fingerprint density at radius 2 is 1.64 bits per heavy atom. The minimum atomic E-state index is -3.93. The van der Waals surface area contributed by atoms with E-state index in [0.29, 0.717) is 10.6 Å². The summed E-state index contributed by atoms with van der Waals surface area (Å²) < 4.78 is 27.8. The Hall–Kier alpha value is -3.46. The van der Waals surface area contributed by atoms with Gasteiger partial charge in [-0.25, -0.2) is 18.8 Å². The van der Waals surface area contributed by atoms with Crippen LogP contribution in [0.1, 0.15) is 15.9 Å². The van der Waals surface area contributed by atoms with Crippen LogP contribution in [0.2, 0.25) is 10.2 Å². The van der Waals surface area contributed by atoms with Gasteiger partial charge >= 0.3 is 0 Å². The zero-order valence-electron chi connectivity index (χ0n) is 16.9. The third-order valence-electron chi connectivity index (χ3n) is 4.61. The number of hydrazone groups is 1. The molecule has 33 heavy (non-hydrogen) atoms. The van der Waals surface area contributed by atoms with Crippen LogP contribution in [0.25, 0.3) is 10.9 Å². The van der Waals surface area contributed by atoms with Gasteiger partial charge in [-0.3, -0.25) is 9.52 Å². The lowest BCUT2D eigenvalue weighted by molar-refractivity contribution is 0.0956. The van der Waals surface area contributed by atoms with Gasteiger partial charge in [-0.15, -0.1) is 0 Å². The number of fused-ring (bicyclic) bond motifs is 1. The average molecular weight is 499 g/mol. The first-order valence-corrected chi connectivity index (χ1v) is 11.8. The fraction of sp³-hybridized carbons (Fsp3) is 0. The molecule has 0 unspecified atom stereocenters. The number of aromatic nitrogens is 1. The maximum absolute atomic E-state index is 12.7. The van der Waals surface area contributed by atoms with Crippen molar-refractivity contribution in [3.8, 4) is 0 Å². The van der Waals surface area contributed by atoms with E-state index in [0.717, 1.165) is 10.9 Å². The van der Waals surface area contributed by atoms with E-state index in [2.05, 4.69) is 20.2 Å². The Bertz CT molecular complexity index is 1470. The standard InChI is InChI=1S/C23H16Cl2N4O3S/c24-17-9-11-18(12-10-17)33(31,32)29-21-8-4-2-6-19(21)23(30)28-26-14-16-13-15-5-1-3-7-20(15)27-22(16)25/h1-14,29H,(H,28,30)/b26-14+. The van der Waals surface area contributed by atoms with E-state index < -0.39 is 15.9 Å². The quantitative estimate of drug-likeness (QED) is 0.219. The number of nitrogens with one attached hydrogen (secondary N) is 2. The molecule has 0 aliphatic heterocycles. The molecule has 10 heteroatoms. The summed E-state index contributed by atoms with van der Waals surface area (Å²) in [6.45, 7) is 0. The minimum absolute atomic E-state index is 0.0126. The van der Waals surface area contributed by atoms with Crippen molar-refractivity contribution in [3.05, 3.63) is 100 Å². The van der Waals surface area contributed by atoms with Gasteiger partial charge in [-0.2, -0.15) is 5.10 Å². The Morgan fingerprint density at radius 3 is 2.42 bits per heavy atom. The number of anilines is 1. The van der Waals surface area contributed by atoms with E-state index in [4.69, 9.17) is 23.2 Å². The molecule has 4 rings (SSSR count). The maximum Gasteiger partial charge on any atom is 0.273 e. The van der Waals surface area contributed by atoms with Crippen LogP contribution in [0, 0.1) is 0 Å². The van der Waals surface area contributed by atoms with E-state index >= 15 is 0 Å². The molecule has 7 nitrogen and oxygen atoms in total. The number of hydrogen-bond acceptors (Lipinski definition) is 5. The molecule has 4 aromatic rings. The van der Waals surface area contributed by atoms with Gasteiger partial charge in [0.05, 0.1) is 27.9 Å². The van der Waals surface area contributed by atoms with Crippen molar-refractivity contribution in [2.45, 2.75) is 4.90 Å². The molecule has 0 fully saturated rings. The Labute approximate surface area is 200 Å². The number of pyridine rings is 1. The van der Waals surface area contributed by atoms with E-state index in [1.54, 1.807) is 18.2 Å². The highest BCUT2D eigenvalue weighted by atomic mass is 35.5. The average Bonchev–Trinajstić information content (AvgIpc) is 2.79. The summed E-state index contributed by atoms with van der Waals surface area (Å²) >= 11 is 12.0. The number of amides is 1. The van der Waals surface area contributed by atoms with E-state index in [1.807, 2.05) is 24.3 Å². The van der Waals surface area contributed by atoms with Gasteiger partial charge in [0.2, 0.25) is 0 Å². The number of para-hydroxylation sites is 2. The third kappa shape index (κ3) is 5.31. The van der Waals surface area contributed by atoms with Gasteiger partial charge in [-0.1, -0.05) is 53.5 Å². The molecule has 0 aliphatic rings. The topological polar surface area (TPSA) is 101 Å². The first-order valence-electron chi connectivity index (χ1n) is 9.59. The molecule has 0 saturated carbocycles. The molecule has 0 aliphatic carbocycles. The van der Waals surface area contributed by atoms with Crippen molar-refractivity contribution in [2.24, 2.45) is 5.10 Å². The largest absolute Gasteiger partial charge is 0.279 e. The molecular weight excluding hydrogens is 483 g/mol. The molecule has 1 heterocycles. The normalized spacial score (nSPS) is 11.6. The number of sulfonamides is 1. The summed E-state index contributed by atoms with van der Waals surface area (Å²) in [6.07, 6.45) is 1.38. The lowest BCUT2D eigenvalue weighted by atomic mass is 10.2. The second-order valence-corrected chi connectivity index (χ2v) is 9.34. The number of rotatable bonds is 6. The number of nitrogens with zero attached hydrogens (tertiary/aromatic N) is 2. The first kappa shape index (κ1) is 22.7. The second kappa shape index (κ2) is 9.58. The van der Waals surface area contributed by atoms with Gasteiger partial charge in [-0.05, 0) is 48.5 Å². The van der Waals surface area contributed by atoms with Crippen molar-refractivity contribution < 1.29 is 13.2 Å². The molecular formula is C23H16Cl2N4O3S. The fourth-order valence-corrected chi connectivity index (χ4v) is 4.41. The number of hydrogen-bond donors (Lipinski definition) is 2. The summed E-state index contributed by atoms with van der Waals surface area (Å²) in [7, 11) is -3.93. The van der Waals surface area contributed by atoms with Gasteiger partial charge in [0, 0.05) is 16.0 Å². The summed E-state index contributed by atoms with van der Waals surface area (Å²) in [5.41, 5.74) is 3.84. The summed E-state index contributed by atoms with van der Waals surface area (Å²) in [5, 5.41) is 5.47. The highest BCUT2D eigenvalue weighted by Crippen LogP contribution is 2.22. The highest BCUT2D eigenvalue weighted by Gasteiger charge is 2.18. The van der Waals surface area contributed by atoms with Gasteiger partial charge < -0.3 is 0 Å². The number of carbonyl (C=O) groups excluding carboxylic acids is 1. The van der Waals surface area contributed by atoms with Crippen LogP contribution in [0.15, 0.2) is 88.9 Å². The molecule has 0 spiro atoms. The zero-order chi connectivity index (χ0) is 23.4. The van der Waals surface area contributed by atoms with Crippen LogP contribution in [-0.2, 0) is 10.0 Å². The molecule has 2 N–H and O–H groups in total. The molecule has 166 valence electrons. The number of benzene rings is 3. The first-order chi connectivity index (χ1) is 15.8. The molecule has 0 saturated heterocycles. The molecule has 1 aromatic heterocycles. The van der Waals surface area contributed by atoms with Crippen LogP contribution in [0.5, 0.6) is 0 Å². The van der Waals surface area contributed by atoms with Crippen molar-refractivity contribution in [3.63, 3.8) is 0 Å². The van der Waals surface area contributed by atoms with Gasteiger partial charge in [0.1, 0.15) is 5.15 Å². The number of halogens is 2. The van der Waals surface area contributed by atoms with E-state index in [9.17, 15) is 13.2 Å². The summed E-state index contributed by atoms with van der Waals surface area (Å²) in [4.78, 5) is 17.0. The Balaban J connectivity index is 1.53. The summed E-state index contributed by atoms with van der Waals surface area (Å²) in [6, 6.07) is 21.1. The molecule has 1 amide bonds. The van der Waals surface area contributed by atoms with Crippen LogP contribution in [0.4, 0.5) is 5.69 Å². The van der Waals surface area contributed by atoms with Crippen molar-refractivity contribution in [1.29, 1.82) is 0 Å². The molecule has 0 atom stereocenters. The smallest absolute Gasteiger partial charge is 0.273 e. The lowest BCUT2D eigenvalue weighted by Crippen LogP contribution is -2.21. The molecule has 0 radical (unpaired) electrons. The Kier molecular flexibility index (Phi) is 6.60. The SMILES string of the molecule is O=C(N/N=C/c1cc2ccccc2nc1Cl)c1ccccc1NS(=O)(=O)c1ccc(Cl)cc1.